The van der Waals surface area contributed by atoms with Crippen molar-refractivity contribution in [3.63, 3.8) is 0 Å². The molecule has 1 atom stereocenters. The smallest absolute Gasteiger partial charge is 0.238 e. The predicted molar refractivity (Wildman–Crippen MR) is 75.6 cm³/mol. The second-order valence-electron chi connectivity index (χ2n) is 5.21. The molecule has 0 aromatic heterocycles. The van der Waals surface area contributed by atoms with Gasteiger partial charge in [-0.2, -0.15) is 0 Å². The Hall–Kier alpha value is -1.33. The minimum atomic E-state index is -3.62. The summed E-state index contributed by atoms with van der Waals surface area (Å²) in [6.45, 7) is 0.957. The number of hydrogen-bond acceptors (Lipinski definition) is 3. The highest BCUT2D eigenvalue weighted by atomic mass is 32.2. The monoisotopic (exact) mass is 278 g/mol. The summed E-state index contributed by atoms with van der Waals surface area (Å²) in [6.07, 6.45) is 8.91. The van der Waals surface area contributed by atoms with Crippen LogP contribution in [-0.4, -0.2) is 21.0 Å². The molecule has 0 amide bonds. The first-order valence-corrected chi connectivity index (χ1v) is 8.19. The van der Waals surface area contributed by atoms with E-state index in [0.717, 1.165) is 31.5 Å². The zero-order valence-electron chi connectivity index (χ0n) is 10.7. The molecule has 0 unspecified atom stereocenters. The van der Waals surface area contributed by atoms with E-state index in [2.05, 4.69) is 17.1 Å². The van der Waals surface area contributed by atoms with Crippen molar-refractivity contribution in [2.45, 2.75) is 36.6 Å². The molecule has 5 heteroatoms. The molecule has 0 fully saturated rings. The fourth-order valence-corrected chi connectivity index (χ4v) is 3.49. The maximum Gasteiger partial charge on any atom is 0.238 e. The number of benzene rings is 1. The average molecular weight is 278 g/mol. The number of sulfonamides is 1. The zero-order valence-corrected chi connectivity index (χ0v) is 11.6. The Morgan fingerprint density at radius 1 is 1.32 bits per heavy atom. The molecule has 19 heavy (non-hydrogen) atoms. The quantitative estimate of drug-likeness (QED) is 0.839. The van der Waals surface area contributed by atoms with Gasteiger partial charge in [0.1, 0.15) is 0 Å². The Balaban J connectivity index is 1.98. The van der Waals surface area contributed by atoms with Gasteiger partial charge in [0, 0.05) is 18.3 Å². The number of rotatable bonds is 2. The first-order valence-electron chi connectivity index (χ1n) is 6.65. The Kier molecular flexibility index (Phi) is 3.11. The molecule has 4 nitrogen and oxygen atoms in total. The molecular formula is C14H18N2O2S. The van der Waals surface area contributed by atoms with Gasteiger partial charge in [-0.1, -0.05) is 18.2 Å². The molecule has 2 aliphatic rings. The van der Waals surface area contributed by atoms with Crippen LogP contribution >= 0.6 is 0 Å². The van der Waals surface area contributed by atoms with E-state index in [-0.39, 0.29) is 4.90 Å². The van der Waals surface area contributed by atoms with E-state index in [1.807, 2.05) is 6.07 Å². The topological polar surface area (TPSA) is 63.4 Å². The standard InChI is InChI=1S/C14H18N2O2S/c15-19(17,18)13-7-6-11-8-9-16(14(11)10-13)12-4-2-1-3-5-12/h2,4,6-7,10,12H,1,3,5,8-9H2,(H2,15,17,18)/t12-/m1/s1. The summed E-state index contributed by atoms with van der Waals surface area (Å²) in [7, 11) is -3.62. The van der Waals surface area contributed by atoms with Crippen molar-refractivity contribution in [2.75, 3.05) is 11.4 Å². The van der Waals surface area contributed by atoms with E-state index in [1.165, 1.54) is 12.0 Å². The first-order chi connectivity index (χ1) is 9.05. The SMILES string of the molecule is NS(=O)(=O)c1ccc2c(c1)N([C@@H]1C=CCCC1)CC2. The molecule has 1 aliphatic carbocycles. The Morgan fingerprint density at radius 3 is 2.84 bits per heavy atom. The highest BCUT2D eigenvalue weighted by Gasteiger charge is 2.26. The fraction of sp³-hybridized carbons (Fsp3) is 0.429. The molecular weight excluding hydrogens is 260 g/mol. The summed E-state index contributed by atoms with van der Waals surface area (Å²) >= 11 is 0. The van der Waals surface area contributed by atoms with E-state index >= 15 is 0 Å². The van der Waals surface area contributed by atoms with Gasteiger partial charge in [-0.05, 0) is 43.4 Å². The van der Waals surface area contributed by atoms with Gasteiger partial charge in [0.25, 0.3) is 0 Å². The van der Waals surface area contributed by atoms with Gasteiger partial charge >= 0.3 is 0 Å². The van der Waals surface area contributed by atoms with Crippen molar-refractivity contribution in [2.24, 2.45) is 5.14 Å². The third kappa shape index (κ3) is 2.40. The van der Waals surface area contributed by atoms with E-state index in [0.29, 0.717) is 6.04 Å². The van der Waals surface area contributed by atoms with Gasteiger partial charge in [0.2, 0.25) is 10.0 Å². The fourth-order valence-electron chi connectivity index (χ4n) is 2.96. The van der Waals surface area contributed by atoms with Crippen molar-refractivity contribution >= 4 is 15.7 Å². The zero-order chi connectivity index (χ0) is 13.5. The van der Waals surface area contributed by atoms with Gasteiger partial charge in [0.05, 0.1) is 4.90 Å². The summed E-state index contributed by atoms with van der Waals surface area (Å²) < 4.78 is 22.9. The van der Waals surface area contributed by atoms with E-state index in [9.17, 15) is 8.42 Å². The largest absolute Gasteiger partial charge is 0.365 e. The van der Waals surface area contributed by atoms with Crippen LogP contribution in [0.4, 0.5) is 5.69 Å². The molecule has 1 aromatic carbocycles. The lowest BCUT2D eigenvalue weighted by atomic mass is 10.0. The van der Waals surface area contributed by atoms with Crippen LogP contribution in [-0.2, 0) is 16.4 Å². The second-order valence-corrected chi connectivity index (χ2v) is 6.77. The average Bonchev–Trinajstić information content (AvgIpc) is 2.81. The van der Waals surface area contributed by atoms with E-state index in [4.69, 9.17) is 5.14 Å². The van der Waals surface area contributed by atoms with Crippen LogP contribution in [0.3, 0.4) is 0 Å². The normalized spacial score (nSPS) is 22.6. The molecule has 0 radical (unpaired) electrons. The third-order valence-corrected chi connectivity index (χ3v) is 4.86. The molecule has 0 saturated carbocycles. The van der Waals surface area contributed by atoms with Crippen molar-refractivity contribution < 1.29 is 8.42 Å². The van der Waals surface area contributed by atoms with Crippen LogP contribution in [0.1, 0.15) is 24.8 Å². The van der Waals surface area contributed by atoms with Gasteiger partial charge in [-0.3, -0.25) is 0 Å². The van der Waals surface area contributed by atoms with Crippen molar-refractivity contribution in [1.29, 1.82) is 0 Å². The number of allylic oxidation sites excluding steroid dienone is 1. The lowest BCUT2D eigenvalue weighted by molar-refractivity contribution is 0.595. The highest BCUT2D eigenvalue weighted by Crippen LogP contribution is 2.34. The van der Waals surface area contributed by atoms with Gasteiger partial charge < -0.3 is 4.90 Å². The molecule has 0 bridgehead atoms. The van der Waals surface area contributed by atoms with Gasteiger partial charge in [-0.15, -0.1) is 0 Å². The molecule has 1 aliphatic heterocycles. The van der Waals surface area contributed by atoms with E-state index < -0.39 is 10.0 Å². The molecule has 1 heterocycles. The van der Waals surface area contributed by atoms with Crippen LogP contribution in [0.25, 0.3) is 0 Å². The first kappa shape index (κ1) is 12.7. The van der Waals surface area contributed by atoms with Gasteiger partial charge in [-0.25, -0.2) is 13.6 Å². The predicted octanol–water partition coefficient (Wildman–Crippen LogP) is 1.81. The van der Waals surface area contributed by atoms with Crippen LogP contribution in [0.5, 0.6) is 0 Å². The second kappa shape index (κ2) is 4.65. The summed E-state index contributed by atoms with van der Waals surface area (Å²) in [5, 5.41) is 5.21. The lowest BCUT2D eigenvalue weighted by Gasteiger charge is -2.30. The molecule has 1 aromatic rings. The molecule has 102 valence electrons. The number of hydrogen-bond donors (Lipinski definition) is 1. The number of anilines is 1. The summed E-state index contributed by atoms with van der Waals surface area (Å²) in [6, 6.07) is 5.61. The van der Waals surface area contributed by atoms with Crippen LogP contribution in [0, 0.1) is 0 Å². The molecule has 0 saturated heterocycles. The Morgan fingerprint density at radius 2 is 2.16 bits per heavy atom. The van der Waals surface area contributed by atoms with Gasteiger partial charge in [0.15, 0.2) is 0 Å². The number of nitrogens with two attached hydrogens (primary N) is 1. The van der Waals surface area contributed by atoms with Crippen molar-refractivity contribution in [1.82, 2.24) is 0 Å². The Labute approximate surface area is 114 Å². The molecule has 0 spiro atoms. The molecule has 2 N–H and O–H groups in total. The maximum atomic E-state index is 11.5. The summed E-state index contributed by atoms with van der Waals surface area (Å²) in [4.78, 5) is 2.51. The summed E-state index contributed by atoms with van der Waals surface area (Å²) in [5.74, 6) is 0. The minimum Gasteiger partial charge on any atom is -0.365 e. The van der Waals surface area contributed by atoms with Crippen molar-refractivity contribution in [3.8, 4) is 0 Å². The van der Waals surface area contributed by atoms with Crippen molar-refractivity contribution in [3.05, 3.63) is 35.9 Å². The molecule has 3 rings (SSSR count). The third-order valence-electron chi connectivity index (χ3n) is 3.95. The Bertz CT molecular complexity index is 622. The van der Waals surface area contributed by atoms with Crippen LogP contribution in [0.2, 0.25) is 0 Å². The number of fused-ring (bicyclic) bond motifs is 1. The number of nitrogens with zero attached hydrogens (tertiary/aromatic N) is 1. The van der Waals surface area contributed by atoms with E-state index in [1.54, 1.807) is 12.1 Å². The minimum absolute atomic E-state index is 0.206. The van der Waals surface area contributed by atoms with Crippen LogP contribution in [0.15, 0.2) is 35.2 Å². The summed E-state index contributed by atoms with van der Waals surface area (Å²) in [5.41, 5.74) is 2.24. The maximum absolute atomic E-state index is 11.5. The van der Waals surface area contributed by atoms with Crippen LogP contribution < -0.4 is 10.0 Å². The number of primary sulfonamides is 1. The lowest BCUT2D eigenvalue weighted by Crippen LogP contribution is -2.33. The highest BCUT2D eigenvalue weighted by molar-refractivity contribution is 7.89.